The van der Waals surface area contributed by atoms with E-state index in [0.717, 1.165) is 5.56 Å². The predicted molar refractivity (Wildman–Crippen MR) is 79.7 cm³/mol. The Balaban J connectivity index is 2.16. The van der Waals surface area contributed by atoms with Crippen LogP contribution >= 0.6 is 0 Å². The molecule has 100 valence electrons. The third kappa shape index (κ3) is 2.21. The lowest BCUT2D eigenvalue weighted by molar-refractivity contribution is 0.647. The van der Waals surface area contributed by atoms with Gasteiger partial charge in [-0.05, 0) is 24.7 Å². The molecular weight excluding hydrogens is 250 g/mol. The molecule has 1 heterocycles. The van der Waals surface area contributed by atoms with Crippen LogP contribution in [-0.2, 0) is 0 Å². The zero-order chi connectivity index (χ0) is 13.9. The average Bonchev–Trinajstić information content (AvgIpc) is 2.49. The van der Waals surface area contributed by atoms with Crippen molar-refractivity contribution < 1.29 is 0 Å². The summed E-state index contributed by atoms with van der Waals surface area (Å²) in [4.78, 5) is 19.6. The second kappa shape index (κ2) is 5.27. The summed E-state index contributed by atoms with van der Waals surface area (Å²) < 4.78 is 0. The lowest BCUT2D eigenvalue weighted by Crippen LogP contribution is -2.23. The SMILES string of the molecule is CNC(c1ccccc1)c1nc2ccccc2c(=O)[nH]1. The number of fused-ring (bicyclic) bond motifs is 1. The Bertz CT molecular complexity index is 780. The van der Waals surface area contributed by atoms with E-state index in [4.69, 9.17) is 0 Å². The molecule has 2 N–H and O–H groups in total. The van der Waals surface area contributed by atoms with Crippen LogP contribution in [0.5, 0.6) is 0 Å². The van der Waals surface area contributed by atoms with E-state index < -0.39 is 0 Å². The predicted octanol–water partition coefficient (Wildman–Crippen LogP) is 2.23. The third-order valence-corrected chi connectivity index (χ3v) is 3.33. The summed E-state index contributed by atoms with van der Waals surface area (Å²) in [6.07, 6.45) is 0. The van der Waals surface area contributed by atoms with E-state index in [1.54, 1.807) is 6.07 Å². The van der Waals surface area contributed by atoms with E-state index in [1.807, 2.05) is 55.6 Å². The number of aromatic amines is 1. The molecule has 3 aromatic rings. The molecule has 0 aliphatic heterocycles. The van der Waals surface area contributed by atoms with Crippen LogP contribution in [0.3, 0.4) is 0 Å². The molecule has 1 unspecified atom stereocenters. The molecule has 0 saturated heterocycles. The molecule has 0 amide bonds. The number of nitrogens with one attached hydrogen (secondary N) is 2. The minimum atomic E-state index is -0.131. The van der Waals surface area contributed by atoms with Gasteiger partial charge in [0.05, 0.1) is 16.9 Å². The molecular formula is C16H15N3O. The Morgan fingerprint density at radius 3 is 2.50 bits per heavy atom. The Morgan fingerprint density at radius 1 is 1.05 bits per heavy atom. The van der Waals surface area contributed by atoms with E-state index in [0.29, 0.717) is 16.7 Å². The highest BCUT2D eigenvalue weighted by Crippen LogP contribution is 2.18. The number of hydrogen-bond donors (Lipinski definition) is 2. The average molecular weight is 265 g/mol. The number of aromatic nitrogens is 2. The Labute approximate surface area is 116 Å². The maximum absolute atomic E-state index is 12.1. The Morgan fingerprint density at radius 2 is 1.75 bits per heavy atom. The maximum atomic E-state index is 12.1. The number of hydrogen-bond acceptors (Lipinski definition) is 3. The molecule has 4 nitrogen and oxygen atoms in total. The number of H-pyrrole nitrogens is 1. The van der Waals surface area contributed by atoms with Gasteiger partial charge in [-0.15, -0.1) is 0 Å². The van der Waals surface area contributed by atoms with Gasteiger partial charge in [-0.25, -0.2) is 4.98 Å². The second-order valence-electron chi connectivity index (χ2n) is 4.60. The zero-order valence-electron chi connectivity index (χ0n) is 11.1. The largest absolute Gasteiger partial charge is 0.308 e. The Kier molecular flexibility index (Phi) is 3.31. The van der Waals surface area contributed by atoms with E-state index in [-0.39, 0.29) is 11.6 Å². The van der Waals surface area contributed by atoms with E-state index in [1.165, 1.54) is 0 Å². The van der Waals surface area contributed by atoms with Crippen LogP contribution in [0.25, 0.3) is 10.9 Å². The van der Waals surface area contributed by atoms with Crippen LogP contribution < -0.4 is 10.9 Å². The first-order valence-electron chi connectivity index (χ1n) is 6.51. The van der Waals surface area contributed by atoms with Crippen LogP contribution in [0.1, 0.15) is 17.4 Å². The van der Waals surface area contributed by atoms with Gasteiger partial charge in [0.1, 0.15) is 5.82 Å². The van der Waals surface area contributed by atoms with Crippen molar-refractivity contribution in [2.45, 2.75) is 6.04 Å². The van der Waals surface area contributed by atoms with Crippen molar-refractivity contribution in [1.82, 2.24) is 15.3 Å². The smallest absolute Gasteiger partial charge is 0.258 e. The van der Waals surface area contributed by atoms with Gasteiger partial charge in [0, 0.05) is 0 Å². The summed E-state index contributed by atoms with van der Waals surface area (Å²) in [5, 5.41) is 3.80. The number of rotatable bonds is 3. The van der Waals surface area contributed by atoms with Gasteiger partial charge in [-0.3, -0.25) is 4.79 Å². The van der Waals surface area contributed by atoms with Crippen molar-refractivity contribution in [3.63, 3.8) is 0 Å². The van der Waals surface area contributed by atoms with Gasteiger partial charge in [0.2, 0.25) is 0 Å². The number of nitrogens with zero attached hydrogens (tertiary/aromatic N) is 1. The first-order valence-corrected chi connectivity index (χ1v) is 6.51. The fourth-order valence-corrected chi connectivity index (χ4v) is 2.35. The van der Waals surface area contributed by atoms with Crippen LogP contribution in [0.2, 0.25) is 0 Å². The lowest BCUT2D eigenvalue weighted by atomic mass is 10.1. The molecule has 0 bridgehead atoms. The van der Waals surface area contributed by atoms with Crippen LogP contribution in [0.15, 0.2) is 59.4 Å². The van der Waals surface area contributed by atoms with Crippen molar-refractivity contribution in [1.29, 1.82) is 0 Å². The minimum Gasteiger partial charge on any atom is -0.308 e. The van der Waals surface area contributed by atoms with Crippen molar-refractivity contribution in [3.05, 3.63) is 76.3 Å². The maximum Gasteiger partial charge on any atom is 0.258 e. The van der Waals surface area contributed by atoms with Crippen LogP contribution in [-0.4, -0.2) is 17.0 Å². The van der Waals surface area contributed by atoms with Crippen molar-refractivity contribution >= 4 is 10.9 Å². The highest BCUT2D eigenvalue weighted by molar-refractivity contribution is 5.77. The molecule has 1 aromatic heterocycles. The summed E-state index contributed by atoms with van der Waals surface area (Å²) in [5.74, 6) is 0.627. The van der Waals surface area contributed by atoms with Gasteiger partial charge in [0.15, 0.2) is 0 Å². The molecule has 0 fully saturated rings. The molecule has 0 spiro atoms. The topological polar surface area (TPSA) is 57.8 Å². The standard InChI is InChI=1S/C16H15N3O/c1-17-14(11-7-3-2-4-8-11)15-18-13-10-6-5-9-12(13)16(20)19-15/h2-10,14,17H,1H3,(H,18,19,20). The first kappa shape index (κ1) is 12.6. The molecule has 0 radical (unpaired) electrons. The molecule has 3 rings (SSSR count). The summed E-state index contributed by atoms with van der Waals surface area (Å²) in [6, 6.07) is 17.2. The molecule has 0 saturated carbocycles. The summed E-state index contributed by atoms with van der Waals surface area (Å²) in [7, 11) is 1.85. The Hall–Kier alpha value is -2.46. The van der Waals surface area contributed by atoms with Crippen LogP contribution in [0, 0.1) is 0 Å². The quantitative estimate of drug-likeness (QED) is 0.763. The number of benzene rings is 2. The summed E-state index contributed by atoms with van der Waals surface area (Å²) >= 11 is 0. The van der Waals surface area contributed by atoms with Crippen molar-refractivity contribution in [2.24, 2.45) is 0 Å². The van der Waals surface area contributed by atoms with Gasteiger partial charge >= 0.3 is 0 Å². The van der Waals surface area contributed by atoms with Gasteiger partial charge in [0.25, 0.3) is 5.56 Å². The van der Waals surface area contributed by atoms with E-state index in [2.05, 4.69) is 15.3 Å². The van der Waals surface area contributed by atoms with E-state index >= 15 is 0 Å². The molecule has 1 atom stereocenters. The molecule has 20 heavy (non-hydrogen) atoms. The minimum absolute atomic E-state index is 0.109. The van der Waals surface area contributed by atoms with Gasteiger partial charge < -0.3 is 10.3 Å². The molecule has 0 aliphatic carbocycles. The monoisotopic (exact) mass is 265 g/mol. The second-order valence-corrected chi connectivity index (χ2v) is 4.60. The van der Waals surface area contributed by atoms with Crippen molar-refractivity contribution in [3.8, 4) is 0 Å². The highest BCUT2D eigenvalue weighted by Gasteiger charge is 2.15. The number of para-hydroxylation sites is 1. The van der Waals surface area contributed by atoms with Crippen LogP contribution in [0.4, 0.5) is 0 Å². The fourth-order valence-electron chi connectivity index (χ4n) is 2.35. The van der Waals surface area contributed by atoms with Gasteiger partial charge in [-0.1, -0.05) is 42.5 Å². The van der Waals surface area contributed by atoms with Crippen molar-refractivity contribution in [2.75, 3.05) is 7.05 Å². The lowest BCUT2D eigenvalue weighted by Gasteiger charge is -2.16. The summed E-state index contributed by atoms with van der Waals surface area (Å²) in [5.41, 5.74) is 1.66. The molecule has 0 aliphatic rings. The third-order valence-electron chi connectivity index (χ3n) is 3.33. The normalized spacial score (nSPS) is 12.4. The van der Waals surface area contributed by atoms with E-state index in [9.17, 15) is 4.79 Å². The highest BCUT2D eigenvalue weighted by atomic mass is 16.1. The first-order chi connectivity index (χ1) is 9.79. The molecule has 4 heteroatoms. The van der Waals surface area contributed by atoms with Gasteiger partial charge in [-0.2, -0.15) is 0 Å². The zero-order valence-corrected chi connectivity index (χ0v) is 11.1. The summed E-state index contributed by atoms with van der Waals surface area (Å²) in [6.45, 7) is 0. The fraction of sp³-hybridized carbons (Fsp3) is 0.125. The molecule has 2 aromatic carbocycles.